The van der Waals surface area contributed by atoms with Crippen molar-refractivity contribution in [2.45, 2.75) is 6.61 Å². The Balaban J connectivity index is 1.93. The maximum Gasteiger partial charge on any atom is 0.387 e. The third-order valence-corrected chi connectivity index (χ3v) is 2.73. The summed E-state index contributed by atoms with van der Waals surface area (Å²) < 4.78 is 29.0. The van der Waals surface area contributed by atoms with Gasteiger partial charge in [0.25, 0.3) is 0 Å². The van der Waals surface area contributed by atoms with E-state index in [1.807, 2.05) is 30.3 Å². The van der Waals surface area contributed by atoms with E-state index in [0.717, 1.165) is 5.69 Å². The van der Waals surface area contributed by atoms with Crippen LogP contribution in [-0.4, -0.2) is 17.9 Å². The minimum absolute atomic E-state index is 0.0463. The SMILES string of the molecule is FC(F)Oc1ccccc1/C=N/NC(=S)Nc1ccccc1. The first-order chi connectivity index (χ1) is 10.6. The Bertz CT molecular complexity index is 650. The number of nitrogens with one attached hydrogen (secondary N) is 2. The molecular weight excluding hydrogens is 308 g/mol. The summed E-state index contributed by atoms with van der Waals surface area (Å²) in [4.78, 5) is 0. The number of rotatable bonds is 5. The van der Waals surface area contributed by atoms with Crippen molar-refractivity contribution in [2.75, 3.05) is 5.32 Å². The largest absolute Gasteiger partial charge is 0.434 e. The zero-order valence-corrected chi connectivity index (χ0v) is 12.2. The number of ether oxygens (including phenoxy) is 1. The summed E-state index contributed by atoms with van der Waals surface area (Å²) in [6.45, 7) is -2.89. The van der Waals surface area contributed by atoms with Crippen molar-refractivity contribution in [2.24, 2.45) is 5.10 Å². The molecule has 2 aromatic rings. The minimum atomic E-state index is -2.89. The zero-order valence-electron chi connectivity index (χ0n) is 11.4. The standard InChI is InChI=1S/C15H13F2N3OS/c16-14(17)21-13-9-5-4-6-11(13)10-18-20-15(22)19-12-7-2-1-3-8-12/h1-10,14H,(H2,19,20,22)/b18-10+. The van der Waals surface area contributed by atoms with Crippen LogP contribution in [0.4, 0.5) is 14.5 Å². The van der Waals surface area contributed by atoms with Gasteiger partial charge < -0.3 is 10.1 Å². The topological polar surface area (TPSA) is 45.6 Å². The molecule has 0 saturated heterocycles. The van der Waals surface area contributed by atoms with E-state index in [2.05, 4.69) is 20.6 Å². The third kappa shape index (κ3) is 5.10. The summed E-state index contributed by atoms with van der Waals surface area (Å²) in [5.74, 6) is 0.0463. The van der Waals surface area contributed by atoms with Gasteiger partial charge in [0.15, 0.2) is 5.11 Å². The summed E-state index contributed by atoms with van der Waals surface area (Å²) in [6, 6.07) is 15.7. The van der Waals surface area contributed by atoms with Crippen LogP contribution in [0.5, 0.6) is 5.75 Å². The Labute approximate surface area is 131 Å². The van der Waals surface area contributed by atoms with Gasteiger partial charge in [0.1, 0.15) is 5.75 Å². The molecule has 0 aliphatic heterocycles. The Morgan fingerprint density at radius 1 is 1.09 bits per heavy atom. The fraction of sp³-hybridized carbons (Fsp3) is 0.0667. The van der Waals surface area contributed by atoms with Crippen LogP contribution in [0.15, 0.2) is 59.7 Å². The Morgan fingerprint density at radius 2 is 1.77 bits per heavy atom. The van der Waals surface area contributed by atoms with E-state index in [1.165, 1.54) is 12.3 Å². The van der Waals surface area contributed by atoms with Crippen molar-refractivity contribution in [3.63, 3.8) is 0 Å². The first-order valence-corrected chi connectivity index (χ1v) is 6.75. The maximum absolute atomic E-state index is 12.3. The van der Waals surface area contributed by atoms with Crippen LogP contribution in [-0.2, 0) is 0 Å². The minimum Gasteiger partial charge on any atom is -0.434 e. The number of nitrogens with zero attached hydrogens (tertiary/aromatic N) is 1. The molecule has 0 amide bonds. The molecule has 0 fully saturated rings. The molecule has 0 radical (unpaired) electrons. The average molecular weight is 321 g/mol. The van der Waals surface area contributed by atoms with Crippen LogP contribution < -0.4 is 15.5 Å². The number of anilines is 1. The smallest absolute Gasteiger partial charge is 0.387 e. The second-order valence-electron chi connectivity index (χ2n) is 4.11. The van der Waals surface area contributed by atoms with E-state index in [-0.39, 0.29) is 10.9 Å². The molecule has 0 bridgehead atoms. The van der Waals surface area contributed by atoms with Crippen LogP contribution in [0, 0.1) is 0 Å². The van der Waals surface area contributed by atoms with E-state index in [9.17, 15) is 8.78 Å². The molecule has 114 valence electrons. The predicted molar refractivity (Wildman–Crippen MR) is 86.5 cm³/mol. The van der Waals surface area contributed by atoms with Crippen LogP contribution in [0.1, 0.15) is 5.56 Å². The number of thiocarbonyl (C=S) groups is 1. The lowest BCUT2D eigenvalue weighted by Crippen LogP contribution is -2.23. The summed E-state index contributed by atoms with van der Waals surface area (Å²) in [7, 11) is 0. The molecule has 2 aromatic carbocycles. The molecule has 2 N–H and O–H groups in total. The maximum atomic E-state index is 12.3. The summed E-state index contributed by atoms with van der Waals surface area (Å²) in [5.41, 5.74) is 3.84. The first kappa shape index (κ1) is 15.8. The van der Waals surface area contributed by atoms with Gasteiger partial charge in [-0.15, -0.1) is 0 Å². The summed E-state index contributed by atoms with van der Waals surface area (Å²) in [6.07, 6.45) is 1.36. The van der Waals surface area contributed by atoms with E-state index in [4.69, 9.17) is 12.2 Å². The number of hydrazone groups is 1. The molecule has 22 heavy (non-hydrogen) atoms. The van der Waals surface area contributed by atoms with Crippen LogP contribution in [0.2, 0.25) is 0 Å². The Morgan fingerprint density at radius 3 is 2.50 bits per heavy atom. The van der Waals surface area contributed by atoms with Crippen molar-refractivity contribution < 1.29 is 13.5 Å². The van der Waals surface area contributed by atoms with Crippen molar-refractivity contribution >= 4 is 29.2 Å². The van der Waals surface area contributed by atoms with Gasteiger partial charge in [0.2, 0.25) is 0 Å². The normalized spacial score (nSPS) is 10.7. The molecule has 0 spiro atoms. The van der Waals surface area contributed by atoms with Gasteiger partial charge in [0, 0.05) is 11.3 Å². The van der Waals surface area contributed by atoms with E-state index in [0.29, 0.717) is 5.56 Å². The van der Waals surface area contributed by atoms with Gasteiger partial charge in [-0.25, -0.2) is 0 Å². The molecule has 0 aliphatic rings. The Hall–Kier alpha value is -2.54. The van der Waals surface area contributed by atoms with Gasteiger partial charge in [-0.2, -0.15) is 13.9 Å². The van der Waals surface area contributed by atoms with E-state index >= 15 is 0 Å². The molecule has 0 aromatic heterocycles. The number of halogens is 2. The van der Waals surface area contributed by atoms with Crippen molar-refractivity contribution in [3.8, 4) is 5.75 Å². The first-order valence-electron chi connectivity index (χ1n) is 6.34. The third-order valence-electron chi connectivity index (χ3n) is 2.54. The molecule has 0 saturated carbocycles. The van der Waals surface area contributed by atoms with Crippen molar-refractivity contribution in [1.29, 1.82) is 0 Å². The molecule has 2 rings (SSSR count). The van der Waals surface area contributed by atoms with Gasteiger partial charge in [-0.05, 0) is 36.5 Å². The monoisotopic (exact) mass is 321 g/mol. The summed E-state index contributed by atoms with van der Waals surface area (Å²) >= 11 is 5.07. The van der Waals surface area contributed by atoms with Gasteiger partial charge in [-0.3, -0.25) is 5.43 Å². The average Bonchev–Trinajstić information content (AvgIpc) is 2.49. The van der Waals surface area contributed by atoms with Crippen LogP contribution >= 0.6 is 12.2 Å². The van der Waals surface area contributed by atoms with E-state index in [1.54, 1.807) is 18.2 Å². The predicted octanol–water partition coefficient (Wildman–Crippen LogP) is 3.61. The number of para-hydroxylation sites is 2. The zero-order chi connectivity index (χ0) is 15.8. The second kappa shape index (κ2) is 8.04. The molecule has 0 unspecified atom stereocenters. The molecule has 0 heterocycles. The van der Waals surface area contributed by atoms with Gasteiger partial charge >= 0.3 is 6.61 Å². The Kier molecular flexibility index (Phi) is 5.79. The number of hydrogen-bond acceptors (Lipinski definition) is 3. The molecule has 7 heteroatoms. The van der Waals surface area contributed by atoms with E-state index < -0.39 is 6.61 Å². The quantitative estimate of drug-likeness (QED) is 0.502. The molecule has 4 nitrogen and oxygen atoms in total. The lowest BCUT2D eigenvalue weighted by Gasteiger charge is -2.08. The molecule has 0 atom stereocenters. The lowest BCUT2D eigenvalue weighted by molar-refractivity contribution is -0.0499. The highest BCUT2D eigenvalue weighted by atomic mass is 32.1. The van der Waals surface area contributed by atoms with Crippen molar-refractivity contribution in [3.05, 3.63) is 60.2 Å². The van der Waals surface area contributed by atoms with Gasteiger partial charge in [0.05, 0.1) is 6.21 Å². The second-order valence-corrected chi connectivity index (χ2v) is 4.51. The number of alkyl halides is 2. The number of benzene rings is 2. The highest BCUT2D eigenvalue weighted by Gasteiger charge is 2.07. The lowest BCUT2D eigenvalue weighted by atomic mass is 10.2. The molecular formula is C15H13F2N3OS. The number of hydrogen-bond donors (Lipinski definition) is 2. The van der Waals surface area contributed by atoms with Crippen LogP contribution in [0.3, 0.4) is 0 Å². The highest BCUT2D eigenvalue weighted by Crippen LogP contribution is 2.18. The summed E-state index contributed by atoms with van der Waals surface area (Å²) in [5, 5.41) is 7.12. The van der Waals surface area contributed by atoms with Crippen LogP contribution in [0.25, 0.3) is 0 Å². The molecule has 0 aliphatic carbocycles. The fourth-order valence-corrected chi connectivity index (χ4v) is 1.80. The fourth-order valence-electron chi connectivity index (χ4n) is 1.63. The van der Waals surface area contributed by atoms with Gasteiger partial charge in [-0.1, -0.05) is 30.3 Å². The van der Waals surface area contributed by atoms with Crippen molar-refractivity contribution in [1.82, 2.24) is 5.43 Å². The highest BCUT2D eigenvalue weighted by molar-refractivity contribution is 7.80.